The van der Waals surface area contributed by atoms with E-state index in [1.54, 1.807) is 5.57 Å². The lowest BCUT2D eigenvalue weighted by atomic mass is 9.62. The second-order valence-corrected chi connectivity index (χ2v) is 10.4. The Kier molecular flexibility index (Phi) is 7.90. The van der Waals surface area contributed by atoms with Gasteiger partial charge in [-0.3, -0.25) is 0 Å². The predicted octanol–water partition coefficient (Wildman–Crippen LogP) is 5.46. The first-order chi connectivity index (χ1) is 14.7. The third-order valence-electron chi connectivity index (χ3n) is 8.11. The van der Waals surface area contributed by atoms with Gasteiger partial charge in [-0.25, -0.2) is 0 Å². The number of rotatable bonds is 5. The van der Waals surface area contributed by atoms with Gasteiger partial charge in [0.15, 0.2) is 0 Å². The van der Waals surface area contributed by atoms with Crippen LogP contribution in [0.1, 0.15) is 91.9 Å². The maximum Gasteiger partial charge on any atom is 0.125 e. The van der Waals surface area contributed by atoms with E-state index < -0.39 is 17.8 Å². The Morgan fingerprint density at radius 3 is 2.52 bits per heavy atom. The summed E-state index contributed by atoms with van der Waals surface area (Å²) in [5.74, 6) is 7.37. The molecule has 0 bridgehead atoms. The third-order valence-corrected chi connectivity index (χ3v) is 8.11. The molecule has 0 spiro atoms. The molecule has 2 fully saturated rings. The fourth-order valence-electron chi connectivity index (χ4n) is 6.05. The average Bonchev–Trinajstić information content (AvgIpc) is 3.09. The highest BCUT2D eigenvalue weighted by molar-refractivity contribution is 5.35. The van der Waals surface area contributed by atoms with Crippen molar-refractivity contribution < 1.29 is 15.3 Å². The summed E-state index contributed by atoms with van der Waals surface area (Å²) in [6.07, 6.45) is 14.8. The van der Waals surface area contributed by atoms with Crippen LogP contribution in [0.4, 0.5) is 0 Å². The van der Waals surface area contributed by atoms with Crippen molar-refractivity contribution in [2.75, 3.05) is 0 Å². The van der Waals surface area contributed by atoms with E-state index in [-0.39, 0.29) is 5.41 Å². The Hall–Kier alpha value is -1.34. The van der Waals surface area contributed by atoms with Crippen molar-refractivity contribution in [1.82, 2.24) is 0 Å². The predicted molar refractivity (Wildman–Crippen MR) is 127 cm³/mol. The summed E-state index contributed by atoms with van der Waals surface area (Å²) in [6.45, 7) is 8.71. The van der Waals surface area contributed by atoms with E-state index in [9.17, 15) is 15.3 Å². The molecule has 31 heavy (non-hydrogen) atoms. The van der Waals surface area contributed by atoms with Crippen LogP contribution in [0.5, 0.6) is 0 Å². The first-order valence-corrected chi connectivity index (χ1v) is 12.4. The van der Waals surface area contributed by atoms with Crippen molar-refractivity contribution in [3.8, 4) is 11.8 Å². The molecule has 172 valence electrons. The summed E-state index contributed by atoms with van der Waals surface area (Å²) >= 11 is 0. The molecular weight excluding hydrogens is 384 g/mol. The van der Waals surface area contributed by atoms with Crippen LogP contribution in [0.2, 0.25) is 0 Å². The molecule has 3 nitrogen and oxygen atoms in total. The van der Waals surface area contributed by atoms with Gasteiger partial charge in [0.25, 0.3) is 0 Å². The van der Waals surface area contributed by atoms with Gasteiger partial charge in [-0.05, 0) is 75.0 Å². The average molecular weight is 427 g/mol. The van der Waals surface area contributed by atoms with Gasteiger partial charge < -0.3 is 15.3 Å². The minimum atomic E-state index is -0.843. The molecule has 3 rings (SSSR count). The van der Waals surface area contributed by atoms with Crippen molar-refractivity contribution in [3.05, 3.63) is 34.9 Å². The zero-order chi connectivity index (χ0) is 22.6. The van der Waals surface area contributed by atoms with Crippen LogP contribution in [-0.2, 0) is 0 Å². The lowest BCUT2D eigenvalue weighted by molar-refractivity contribution is 0.0609. The molecule has 5 atom stereocenters. The third kappa shape index (κ3) is 5.54. The maximum absolute atomic E-state index is 10.4. The summed E-state index contributed by atoms with van der Waals surface area (Å²) in [4.78, 5) is 0. The largest absolute Gasteiger partial charge is 0.393 e. The smallest absolute Gasteiger partial charge is 0.125 e. The minimum Gasteiger partial charge on any atom is -0.393 e. The van der Waals surface area contributed by atoms with E-state index in [1.165, 1.54) is 24.0 Å². The Balaban J connectivity index is 1.71. The highest BCUT2D eigenvalue weighted by atomic mass is 16.3. The first-order valence-electron chi connectivity index (χ1n) is 12.4. The summed E-state index contributed by atoms with van der Waals surface area (Å²) < 4.78 is 0. The number of fused-ring (bicyclic) bond motifs is 1. The zero-order valence-corrected chi connectivity index (χ0v) is 20.0. The van der Waals surface area contributed by atoms with Crippen LogP contribution in [0, 0.1) is 29.1 Å². The first kappa shape index (κ1) is 24.3. The fraction of sp³-hybridized carbons (Fsp3) is 0.714. The Labute approximate surface area is 189 Å². The zero-order valence-electron chi connectivity index (χ0n) is 20.0. The molecule has 0 radical (unpaired) electrons. The molecule has 0 aromatic carbocycles. The highest BCUT2D eigenvalue weighted by Gasteiger charge is 2.45. The Bertz CT molecular complexity index is 777. The number of aliphatic hydroxyl groups is 3. The van der Waals surface area contributed by atoms with E-state index in [4.69, 9.17) is 0 Å². The monoisotopic (exact) mass is 426 g/mol. The van der Waals surface area contributed by atoms with Crippen molar-refractivity contribution in [2.24, 2.45) is 17.3 Å². The SMILES string of the molecule is CCC(O)(C#CCC(C)C1=CCC2/C(=C/C=C3CC(O)C[C@H](O)C3)CCC[C@]12C)CC. The van der Waals surface area contributed by atoms with Crippen LogP contribution in [0.25, 0.3) is 0 Å². The molecule has 3 unspecified atom stereocenters. The molecule has 0 saturated heterocycles. The normalized spacial score (nSPS) is 34.8. The van der Waals surface area contributed by atoms with Crippen LogP contribution in [0.3, 0.4) is 0 Å². The number of allylic oxidation sites excluding steroid dienone is 5. The van der Waals surface area contributed by atoms with Crippen molar-refractivity contribution in [1.29, 1.82) is 0 Å². The van der Waals surface area contributed by atoms with Crippen LogP contribution in [0.15, 0.2) is 34.9 Å². The summed E-state index contributed by atoms with van der Waals surface area (Å²) in [5, 5.41) is 30.4. The topological polar surface area (TPSA) is 60.7 Å². The molecule has 0 aliphatic heterocycles. The molecule has 0 aromatic rings. The molecule has 0 amide bonds. The van der Waals surface area contributed by atoms with Crippen molar-refractivity contribution >= 4 is 0 Å². The number of hydrogen-bond acceptors (Lipinski definition) is 3. The highest BCUT2D eigenvalue weighted by Crippen LogP contribution is 2.56. The van der Waals surface area contributed by atoms with E-state index in [0.29, 0.717) is 43.9 Å². The number of hydrogen-bond donors (Lipinski definition) is 3. The Morgan fingerprint density at radius 2 is 1.87 bits per heavy atom. The van der Waals surface area contributed by atoms with Crippen LogP contribution >= 0.6 is 0 Å². The quantitative estimate of drug-likeness (QED) is 0.404. The molecule has 2 saturated carbocycles. The molecule has 0 aromatic heterocycles. The van der Waals surface area contributed by atoms with Gasteiger partial charge in [0.1, 0.15) is 5.60 Å². The minimum absolute atomic E-state index is 0.196. The van der Waals surface area contributed by atoms with Gasteiger partial charge in [-0.2, -0.15) is 0 Å². The van der Waals surface area contributed by atoms with E-state index in [1.807, 2.05) is 13.8 Å². The Morgan fingerprint density at radius 1 is 1.19 bits per heavy atom. The van der Waals surface area contributed by atoms with Crippen LogP contribution in [-0.4, -0.2) is 33.1 Å². The number of aliphatic hydroxyl groups excluding tert-OH is 2. The van der Waals surface area contributed by atoms with E-state index in [0.717, 1.165) is 19.3 Å². The molecule has 3 aliphatic rings. The van der Waals surface area contributed by atoms with Gasteiger partial charge >= 0.3 is 0 Å². The summed E-state index contributed by atoms with van der Waals surface area (Å²) in [6, 6.07) is 0. The van der Waals surface area contributed by atoms with Gasteiger partial charge in [0, 0.05) is 6.42 Å². The molecule has 3 aliphatic carbocycles. The summed E-state index contributed by atoms with van der Waals surface area (Å²) in [7, 11) is 0. The van der Waals surface area contributed by atoms with Crippen molar-refractivity contribution in [3.63, 3.8) is 0 Å². The van der Waals surface area contributed by atoms with Gasteiger partial charge in [0.2, 0.25) is 0 Å². The molecule has 0 heterocycles. The van der Waals surface area contributed by atoms with Gasteiger partial charge in [-0.1, -0.05) is 74.5 Å². The van der Waals surface area contributed by atoms with E-state index >= 15 is 0 Å². The van der Waals surface area contributed by atoms with Gasteiger partial charge in [-0.15, -0.1) is 0 Å². The lowest BCUT2D eigenvalue weighted by Gasteiger charge is -2.42. The summed E-state index contributed by atoms with van der Waals surface area (Å²) in [5.41, 5.74) is 3.59. The standard InChI is InChI=1S/C28H42O3/c1-5-28(31,6-2)16-7-9-20(3)25-13-14-26-22(10-8-15-27(25,26)4)12-11-21-17-23(29)19-24(30)18-21/h11-13,20,23-24,26,29-31H,5-6,8-10,14-15,17-19H2,1-4H3/b21-11?,22-12+/t20?,23-,24?,26?,27-/m1/s1. The van der Waals surface area contributed by atoms with Gasteiger partial charge in [0.05, 0.1) is 12.2 Å². The van der Waals surface area contributed by atoms with E-state index in [2.05, 4.69) is 43.9 Å². The maximum atomic E-state index is 10.4. The van der Waals surface area contributed by atoms with Crippen LogP contribution < -0.4 is 0 Å². The lowest BCUT2D eigenvalue weighted by Crippen LogP contribution is -2.32. The molecular formula is C28H42O3. The second-order valence-electron chi connectivity index (χ2n) is 10.4. The molecule has 3 heteroatoms. The fourth-order valence-corrected chi connectivity index (χ4v) is 6.05. The molecule has 3 N–H and O–H groups in total. The second kappa shape index (κ2) is 10.1. The van der Waals surface area contributed by atoms with Crippen molar-refractivity contribution in [2.45, 2.75) is 110 Å².